The van der Waals surface area contributed by atoms with Crippen molar-refractivity contribution in [3.8, 4) is 0 Å². The fraction of sp³-hybridized carbons (Fsp3) is 0.333. The van der Waals surface area contributed by atoms with Crippen LogP contribution in [-0.4, -0.2) is 17.0 Å². The van der Waals surface area contributed by atoms with Crippen LogP contribution in [0.25, 0.3) is 0 Å². The Morgan fingerprint density at radius 2 is 2.21 bits per heavy atom. The molecule has 3 N–H and O–H groups in total. The van der Waals surface area contributed by atoms with Crippen LogP contribution in [0.1, 0.15) is 18.3 Å². The van der Waals surface area contributed by atoms with E-state index in [0.29, 0.717) is 5.82 Å². The Hall–Kier alpha value is -1.18. The van der Waals surface area contributed by atoms with E-state index in [0.717, 1.165) is 28.4 Å². The van der Waals surface area contributed by atoms with Gasteiger partial charge in [-0.1, -0.05) is 6.92 Å². The molecule has 19 heavy (non-hydrogen) atoms. The van der Waals surface area contributed by atoms with E-state index in [2.05, 4.69) is 47.7 Å². The van der Waals surface area contributed by atoms with E-state index in [1.54, 1.807) is 11.3 Å². The van der Waals surface area contributed by atoms with Gasteiger partial charge < -0.3 is 10.3 Å². The van der Waals surface area contributed by atoms with Crippen LogP contribution < -0.4 is 16.2 Å². The SMILES string of the molecule is CCc1nc(NN)cc(N(C)Cc2csc(Br)c2)n1. The van der Waals surface area contributed by atoms with Crippen molar-refractivity contribution in [2.24, 2.45) is 5.84 Å². The van der Waals surface area contributed by atoms with Crippen LogP contribution in [0.4, 0.5) is 11.6 Å². The Kier molecular flexibility index (Phi) is 4.73. The zero-order valence-electron chi connectivity index (χ0n) is 10.9. The van der Waals surface area contributed by atoms with Gasteiger partial charge in [-0.25, -0.2) is 15.8 Å². The lowest BCUT2D eigenvalue weighted by Crippen LogP contribution is -2.19. The number of halogens is 1. The molecule has 0 aliphatic rings. The van der Waals surface area contributed by atoms with Gasteiger partial charge in [-0.3, -0.25) is 0 Å². The molecule has 2 aromatic heterocycles. The van der Waals surface area contributed by atoms with E-state index in [4.69, 9.17) is 5.84 Å². The first-order valence-electron chi connectivity index (χ1n) is 5.91. The molecule has 0 saturated heterocycles. The highest BCUT2D eigenvalue weighted by Gasteiger charge is 2.09. The predicted octanol–water partition coefficient (Wildman–Crippen LogP) is 2.79. The standard InChI is InChI=1S/C12H16BrN5S/c1-3-10-15-11(17-14)5-12(16-10)18(2)6-8-4-9(13)19-7-8/h4-5,7H,3,6,14H2,1-2H3,(H,15,16,17). The molecule has 0 unspecified atom stereocenters. The van der Waals surface area contributed by atoms with Crippen LogP contribution in [0.3, 0.4) is 0 Å². The van der Waals surface area contributed by atoms with Crippen molar-refractivity contribution in [1.82, 2.24) is 9.97 Å². The predicted molar refractivity (Wildman–Crippen MR) is 83.3 cm³/mol. The fourth-order valence-corrected chi connectivity index (χ4v) is 2.89. The molecule has 2 aromatic rings. The summed E-state index contributed by atoms with van der Waals surface area (Å²) in [4.78, 5) is 10.9. The summed E-state index contributed by atoms with van der Waals surface area (Å²) >= 11 is 5.15. The second-order valence-corrected chi connectivity index (χ2v) is 6.43. The van der Waals surface area contributed by atoms with Gasteiger partial charge in [-0.15, -0.1) is 11.3 Å². The highest BCUT2D eigenvalue weighted by molar-refractivity contribution is 9.11. The molecule has 0 aliphatic heterocycles. The highest BCUT2D eigenvalue weighted by atomic mass is 79.9. The number of aryl methyl sites for hydroxylation is 1. The Labute approximate surface area is 125 Å². The summed E-state index contributed by atoms with van der Waals surface area (Å²) in [6.07, 6.45) is 0.778. The number of rotatable bonds is 5. The number of thiophene rings is 1. The lowest BCUT2D eigenvalue weighted by molar-refractivity contribution is 0.860. The van der Waals surface area contributed by atoms with Gasteiger partial charge in [0.2, 0.25) is 0 Å². The van der Waals surface area contributed by atoms with Gasteiger partial charge in [-0.05, 0) is 32.9 Å². The third-order valence-corrected chi connectivity index (χ3v) is 4.21. The van der Waals surface area contributed by atoms with Gasteiger partial charge in [0, 0.05) is 26.1 Å². The molecular weight excluding hydrogens is 326 g/mol. The van der Waals surface area contributed by atoms with Crippen molar-refractivity contribution in [1.29, 1.82) is 0 Å². The van der Waals surface area contributed by atoms with Gasteiger partial charge in [-0.2, -0.15) is 0 Å². The van der Waals surface area contributed by atoms with E-state index in [-0.39, 0.29) is 0 Å². The van der Waals surface area contributed by atoms with Crippen molar-refractivity contribution in [3.63, 3.8) is 0 Å². The number of hydrogen-bond acceptors (Lipinski definition) is 6. The van der Waals surface area contributed by atoms with Crippen LogP contribution >= 0.6 is 27.3 Å². The van der Waals surface area contributed by atoms with Gasteiger partial charge in [0.25, 0.3) is 0 Å². The van der Waals surface area contributed by atoms with Crippen LogP contribution in [0, 0.1) is 0 Å². The summed E-state index contributed by atoms with van der Waals surface area (Å²) in [7, 11) is 2.01. The molecule has 0 fully saturated rings. The lowest BCUT2D eigenvalue weighted by atomic mass is 10.3. The lowest BCUT2D eigenvalue weighted by Gasteiger charge is -2.18. The van der Waals surface area contributed by atoms with Crippen molar-refractivity contribution in [3.05, 3.63) is 32.7 Å². The molecule has 2 heterocycles. The molecule has 7 heteroatoms. The fourth-order valence-electron chi connectivity index (χ4n) is 1.69. The van der Waals surface area contributed by atoms with Crippen LogP contribution in [0.5, 0.6) is 0 Å². The van der Waals surface area contributed by atoms with Crippen LogP contribution in [0.15, 0.2) is 21.3 Å². The molecule has 0 bridgehead atoms. The maximum atomic E-state index is 5.44. The maximum Gasteiger partial charge on any atom is 0.145 e. The second-order valence-electron chi connectivity index (χ2n) is 4.14. The first-order valence-corrected chi connectivity index (χ1v) is 7.58. The van der Waals surface area contributed by atoms with Gasteiger partial charge in [0.05, 0.1) is 3.79 Å². The van der Waals surface area contributed by atoms with Gasteiger partial charge in [0.1, 0.15) is 17.5 Å². The minimum Gasteiger partial charge on any atom is -0.355 e. The van der Waals surface area contributed by atoms with Crippen molar-refractivity contribution in [2.75, 3.05) is 17.4 Å². The first-order chi connectivity index (χ1) is 9.12. The molecule has 0 aliphatic carbocycles. The summed E-state index contributed by atoms with van der Waals surface area (Å²) in [6.45, 7) is 2.82. The molecular formula is C12H16BrN5S. The summed E-state index contributed by atoms with van der Waals surface area (Å²) in [5.41, 5.74) is 3.83. The maximum absolute atomic E-state index is 5.44. The molecule has 0 amide bonds. The molecule has 0 radical (unpaired) electrons. The molecule has 102 valence electrons. The third kappa shape index (κ3) is 3.65. The summed E-state index contributed by atoms with van der Waals surface area (Å²) in [5, 5.41) is 2.13. The first kappa shape index (κ1) is 14.2. The molecule has 5 nitrogen and oxygen atoms in total. The van der Waals surface area contributed by atoms with E-state index >= 15 is 0 Å². The third-order valence-electron chi connectivity index (χ3n) is 2.66. The van der Waals surface area contributed by atoms with Crippen molar-refractivity contribution < 1.29 is 0 Å². The van der Waals surface area contributed by atoms with E-state index < -0.39 is 0 Å². The minimum atomic E-state index is 0.639. The second kappa shape index (κ2) is 6.31. The molecule has 0 atom stereocenters. The quantitative estimate of drug-likeness (QED) is 0.646. The van der Waals surface area contributed by atoms with Gasteiger partial charge >= 0.3 is 0 Å². The molecule has 0 aromatic carbocycles. The zero-order valence-corrected chi connectivity index (χ0v) is 13.3. The Morgan fingerprint density at radius 1 is 1.42 bits per heavy atom. The molecule has 0 spiro atoms. The smallest absolute Gasteiger partial charge is 0.145 e. The van der Waals surface area contributed by atoms with Crippen molar-refractivity contribution >= 4 is 38.9 Å². The Morgan fingerprint density at radius 3 is 2.79 bits per heavy atom. The zero-order chi connectivity index (χ0) is 13.8. The van der Waals surface area contributed by atoms with Crippen LogP contribution in [-0.2, 0) is 13.0 Å². The summed E-state index contributed by atoms with van der Waals surface area (Å²) in [5.74, 6) is 7.72. The average Bonchev–Trinajstić information content (AvgIpc) is 2.83. The average molecular weight is 342 g/mol. The normalized spacial score (nSPS) is 10.5. The number of hydrogen-bond donors (Lipinski definition) is 2. The van der Waals surface area contributed by atoms with E-state index in [9.17, 15) is 0 Å². The van der Waals surface area contributed by atoms with Crippen LogP contribution in [0.2, 0.25) is 0 Å². The number of aromatic nitrogens is 2. The largest absolute Gasteiger partial charge is 0.355 e. The summed E-state index contributed by atoms with van der Waals surface area (Å²) < 4.78 is 1.14. The number of hydrazine groups is 1. The van der Waals surface area contributed by atoms with Crippen molar-refractivity contribution in [2.45, 2.75) is 19.9 Å². The molecule has 2 rings (SSSR count). The molecule has 0 saturated carbocycles. The van der Waals surface area contributed by atoms with E-state index in [1.807, 2.05) is 20.0 Å². The highest BCUT2D eigenvalue weighted by Crippen LogP contribution is 2.23. The summed E-state index contributed by atoms with van der Waals surface area (Å²) in [6, 6.07) is 3.96. The minimum absolute atomic E-state index is 0.639. The number of nitrogens with two attached hydrogens (primary N) is 1. The number of anilines is 2. The number of nitrogen functional groups attached to an aromatic ring is 1. The topological polar surface area (TPSA) is 67.1 Å². The Bertz CT molecular complexity index is 535. The van der Waals surface area contributed by atoms with Gasteiger partial charge in [0.15, 0.2) is 0 Å². The number of nitrogens with one attached hydrogen (secondary N) is 1. The number of nitrogens with zero attached hydrogens (tertiary/aromatic N) is 3. The Balaban J connectivity index is 2.20. The monoisotopic (exact) mass is 341 g/mol. The van der Waals surface area contributed by atoms with E-state index in [1.165, 1.54) is 5.56 Å².